The molecule has 0 aromatic heterocycles. The summed E-state index contributed by atoms with van der Waals surface area (Å²) in [4.78, 5) is 9.04. The van der Waals surface area contributed by atoms with E-state index in [0.29, 0.717) is 6.54 Å². The van der Waals surface area contributed by atoms with Crippen LogP contribution in [0.15, 0.2) is 23.2 Å². The average molecular weight is 368 g/mol. The number of benzene rings is 1. The monoisotopic (exact) mass is 367 g/mol. The molecule has 1 saturated heterocycles. The van der Waals surface area contributed by atoms with Crippen molar-refractivity contribution in [1.29, 1.82) is 0 Å². The molecule has 1 fully saturated rings. The molecular weight excluding hydrogens is 338 g/mol. The Morgan fingerprint density at radius 1 is 1.24 bits per heavy atom. The van der Waals surface area contributed by atoms with Crippen molar-refractivity contribution in [2.75, 3.05) is 65.4 Å². The van der Waals surface area contributed by atoms with Crippen LogP contribution in [0.4, 0.5) is 5.69 Å². The highest BCUT2D eigenvalue weighted by atomic mass is 35.5. The highest BCUT2D eigenvalue weighted by Gasteiger charge is 2.18. The van der Waals surface area contributed by atoms with E-state index in [2.05, 4.69) is 38.5 Å². The van der Waals surface area contributed by atoms with Gasteiger partial charge < -0.3 is 25.2 Å². The van der Waals surface area contributed by atoms with Crippen LogP contribution in [0, 0.1) is 0 Å². The molecule has 1 aliphatic heterocycles. The van der Waals surface area contributed by atoms with Crippen molar-refractivity contribution < 1.29 is 4.74 Å². The van der Waals surface area contributed by atoms with E-state index in [1.54, 1.807) is 14.2 Å². The largest absolute Gasteiger partial charge is 0.385 e. The number of aliphatic imine (C=N–C) groups is 1. The number of piperazine rings is 1. The van der Waals surface area contributed by atoms with E-state index in [1.165, 1.54) is 5.69 Å². The lowest BCUT2D eigenvalue weighted by Gasteiger charge is -2.35. The summed E-state index contributed by atoms with van der Waals surface area (Å²) in [5.74, 6) is 0.778. The molecule has 0 atom stereocenters. The number of nitrogens with one attached hydrogen (secondary N) is 2. The maximum Gasteiger partial charge on any atom is 0.191 e. The van der Waals surface area contributed by atoms with Gasteiger partial charge in [0.2, 0.25) is 0 Å². The Hall–Kier alpha value is -1.50. The van der Waals surface area contributed by atoms with Crippen molar-refractivity contribution >= 4 is 23.2 Å². The van der Waals surface area contributed by atoms with Crippen molar-refractivity contribution in [2.45, 2.75) is 13.0 Å². The average Bonchev–Trinajstić information content (AvgIpc) is 2.62. The van der Waals surface area contributed by atoms with Gasteiger partial charge in [-0.2, -0.15) is 0 Å². The third kappa shape index (κ3) is 6.06. The molecule has 1 aliphatic rings. The number of nitrogens with zero attached hydrogens (tertiary/aromatic N) is 3. The molecule has 0 spiro atoms. The van der Waals surface area contributed by atoms with Gasteiger partial charge in [-0.1, -0.05) is 17.7 Å². The lowest BCUT2D eigenvalue weighted by atomic mass is 10.1. The van der Waals surface area contributed by atoms with Gasteiger partial charge in [-0.05, 0) is 25.6 Å². The minimum Gasteiger partial charge on any atom is -0.385 e. The SMILES string of the molecule is CN=C(NCCCOC)NCc1c(Cl)cccc1N1CCN(C)CC1. The molecule has 0 aliphatic carbocycles. The summed E-state index contributed by atoms with van der Waals surface area (Å²) in [6.07, 6.45) is 0.940. The highest BCUT2D eigenvalue weighted by molar-refractivity contribution is 6.31. The first-order valence-corrected chi connectivity index (χ1v) is 9.18. The van der Waals surface area contributed by atoms with Crippen LogP contribution in [-0.2, 0) is 11.3 Å². The smallest absolute Gasteiger partial charge is 0.191 e. The van der Waals surface area contributed by atoms with E-state index in [9.17, 15) is 0 Å². The van der Waals surface area contributed by atoms with E-state index in [4.69, 9.17) is 16.3 Å². The topological polar surface area (TPSA) is 52.1 Å². The first-order valence-electron chi connectivity index (χ1n) is 8.80. The zero-order valence-electron chi connectivity index (χ0n) is 15.5. The molecule has 2 rings (SSSR count). The molecule has 7 heteroatoms. The number of hydrogen-bond donors (Lipinski definition) is 2. The fourth-order valence-corrected chi connectivity index (χ4v) is 3.12. The Labute approximate surface area is 156 Å². The number of ether oxygens (including phenoxy) is 1. The van der Waals surface area contributed by atoms with E-state index in [0.717, 1.165) is 62.3 Å². The third-order valence-corrected chi connectivity index (χ3v) is 4.77. The molecule has 0 radical (unpaired) electrons. The van der Waals surface area contributed by atoms with Crippen LogP contribution in [0.1, 0.15) is 12.0 Å². The number of anilines is 1. The Morgan fingerprint density at radius 2 is 2.00 bits per heavy atom. The van der Waals surface area contributed by atoms with Crippen LogP contribution < -0.4 is 15.5 Å². The van der Waals surface area contributed by atoms with Crippen molar-refractivity contribution in [1.82, 2.24) is 15.5 Å². The van der Waals surface area contributed by atoms with Gasteiger partial charge in [-0.3, -0.25) is 4.99 Å². The fourth-order valence-electron chi connectivity index (χ4n) is 2.88. The van der Waals surface area contributed by atoms with Crippen LogP contribution >= 0.6 is 11.6 Å². The highest BCUT2D eigenvalue weighted by Crippen LogP contribution is 2.28. The Bertz CT molecular complexity index is 558. The standard InChI is InChI=1S/C18H30ClN5O/c1-20-18(21-8-5-13-25-3)22-14-15-16(19)6-4-7-17(15)24-11-9-23(2)10-12-24/h4,6-7H,5,8-14H2,1-3H3,(H2,20,21,22). The number of guanidine groups is 1. The van der Waals surface area contributed by atoms with Gasteiger partial charge in [-0.25, -0.2) is 0 Å². The molecule has 25 heavy (non-hydrogen) atoms. The molecule has 0 unspecified atom stereocenters. The zero-order valence-corrected chi connectivity index (χ0v) is 16.3. The van der Waals surface area contributed by atoms with Gasteiger partial charge in [0.15, 0.2) is 5.96 Å². The second-order valence-corrected chi connectivity index (χ2v) is 6.63. The van der Waals surface area contributed by atoms with E-state index in [1.807, 2.05) is 12.1 Å². The minimum atomic E-state index is 0.644. The van der Waals surface area contributed by atoms with Gasteiger partial charge in [0.1, 0.15) is 0 Å². The summed E-state index contributed by atoms with van der Waals surface area (Å²) in [5.41, 5.74) is 2.33. The maximum atomic E-state index is 6.50. The number of methoxy groups -OCH3 is 1. The molecule has 0 amide bonds. The van der Waals surface area contributed by atoms with Gasteiger partial charge in [0.05, 0.1) is 0 Å². The number of rotatable bonds is 7. The Balaban J connectivity index is 1.98. The van der Waals surface area contributed by atoms with Gasteiger partial charge in [0.25, 0.3) is 0 Å². The van der Waals surface area contributed by atoms with Crippen molar-refractivity contribution in [2.24, 2.45) is 4.99 Å². The zero-order chi connectivity index (χ0) is 18.1. The normalized spacial score (nSPS) is 16.2. The van der Waals surface area contributed by atoms with Crippen LogP contribution in [-0.4, -0.2) is 71.4 Å². The quantitative estimate of drug-likeness (QED) is 0.437. The second-order valence-electron chi connectivity index (χ2n) is 6.23. The minimum absolute atomic E-state index is 0.644. The van der Waals surface area contributed by atoms with Crippen molar-refractivity contribution in [3.63, 3.8) is 0 Å². The summed E-state index contributed by atoms with van der Waals surface area (Å²) < 4.78 is 5.07. The second kappa shape index (κ2) is 10.5. The first kappa shape index (κ1) is 19.8. The molecule has 2 N–H and O–H groups in total. The predicted octanol–water partition coefficient (Wildman–Crippen LogP) is 1.79. The number of likely N-dealkylation sites (N-methyl/N-ethyl adjacent to an activating group) is 1. The molecular formula is C18H30ClN5O. The van der Waals surface area contributed by atoms with Gasteiger partial charge >= 0.3 is 0 Å². The lowest BCUT2D eigenvalue weighted by Crippen LogP contribution is -2.45. The predicted molar refractivity (Wildman–Crippen MR) is 106 cm³/mol. The molecule has 140 valence electrons. The Kier molecular flexibility index (Phi) is 8.31. The van der Waals surface area contributed by atoms with E-state index >= 15 is 0 Å². The fraction of sp³-hybridized carbons (Fsp3) is 0.611. The number of halogens is 1. The van der Waals surface area contributed by atoms with Crippen molar-refractivity contribution in [3.8, 4) is 0 Å². The maximum absolute atomic E-state index is 6.50. The Morgan fingerprint density at radius 3 is 2.68 bits per heavy atom. The number of hydrogen-bond acceptors (Lipinski definition) is 4. The summed E-state index contributed by atoms with van der Waals surface area (Å²) in [7, 11) is 5.65. The molecule has 1 aromatic rings. The van der Waals surface area contributed by atoms with E-state index in [-0.39, 0.29) is 0 Å². The summed E-state index contributed by atoms with van der Waals surface area (Å²) in [6, 6.07) is 6.13. The van der Waals surface area contributed by atoms with E-state index < -0.39 is 0 Å². The van der Waals surface area contributed by atoms with Crippen LogP contribution in [0.25, 0.3) is 0 Å². The lowest BCUT2D eigenvalue weighted by molar-refractivity contribution is 0.195. The van der Waals surface area contributed by atoms with Gasteiger partial charge in [-0.15, -0.1) is 0 Å². The molecule has 1 heterocycles. The molecule has 6 nitrogen and oxygen atoms in total. The van der Waals surface area contributed by atoms with Crippen LogP contribution in [0.5, 0.6) is 0 Å². The molecule has 0 saturated carbocycles. The summed E-state index contributed by atoms with van der Waals surface area (Å²) in [5, 5.41) is 7.45. The van der Waals surface area contributed by atoms with Crippen molar-refractivity contribution in [3.05, 3.63) is 28.8 Å². The molecule has 1 aromatic carbocycles. The molecule has 0 bridgehead atoms. The van der Waals surface area contributed by atoms with Crippen LogP contribution in [0.3, 0.4) is 0 Å². The first-order chi connectivity index (χ1) is 12.2. The van der Waals surface area contributed by atoms with Gasteiger partial charge in [0, 0.05) is 76.3 Å². The van der Waals surface area contributed by atoms with Crippen LogP contribution in [0.2, 0.25) is 5.02 Å². The summed E-state index contributed by atoms with van der Waals surface area (Å²) in [6.45, 7) is 6.39. The summed E-state index contributed by atoms with van der Waals surface area (Å²) >= 11 is 6.50. The third-order valence-electron chi connectivity index (χ3n) is 4.41.